The van der Waals surface area contributed by atoms with Crippen LogP contribution < -0.4 is 5.32 Å². The van der Waals surface area contributed by atoms with E-state index in [2.05, 4.69) is 10.3 Å². The summed E-state index contributed by atoms with van der Waals surface area (Å²) in [7, 11) is 0. The molecule has 2 aliphatic rings. The summed E-state index contributed by atoms with van der Waals surface area (Å²) in [4.78, 5) is 5.39. The number of nitrogens with zero attached hydrogens (tertiary/aromatic N) is 2. The van der Waals surface area contributed by atoms with Crippen molar-refractivity contribution < 1.29 is 9.57 Å². The van der Waals surface area contributed by atoms with Gasteiger partial charge < -0.3 is 4.74 Å². The minimum absolute atomic E-state index is 0.608. The van der Waals surface area contributed by atoms with E-state index in [0.29, 0.717) is 13.5 Å². The smallest absolute Gasteiger partial charge is 0.120 e. The van der Waals surface area contributed by atoms with E-state index < -0.39 is 0 Å². The summed E-state index contributed by atoms with van der Waals surface area (Å²) in [6, 6.07) is 0. The molecule has 0 unspecified atom stereocenters. The van der Waals surface area contributed by atoms with Crippen molar-refractivity contribution in [3.05, 3.63) is 0 Å². The van der Waals surface area contributed by atoms with Gasteiger partial charge >= 0.3 is 0 Å². The number of hydrogen-bond donors (Lipinski definition) is 1. The Morgan fingerprint density at radius 3 is 2.92 bits per heavy atom. The Hall–Kier alpha value is -0.200. The van der Waals surface area contributed by atoms with Gasteiger partial charge in [0.2, 0.25) is 0 Å². The highest BCUT2D eigenvalue weighted by molar-refractivity contribution is 4.56. The summed E-state index contributed by atoms with van der Waals surface area (Å²) in [5.74, 6) is 0. The lowest BCUT2D eigenvalue weighted by Crippen LogP contribution is -2.53. The van der Waals surface area contributed by atoms with E-state index in [9.17, 15) is 0 Å². The molecule has 0 atom stereocenters. The van der Waals surface area contributed by atoms with Crippen LogP contribution in [0.25, 0.3) is 0 Å². The summed E-state index contributed by atoms with van der Waals surface area (Å²) < 4.78 is 5.32. The minimum atomic E-state index is 0.608. The Balaban J connectivity index is 1.80. The van der Waals surface area contributed by atoms with Gasteiger partial charge in [-0.1, -0.05) is 0 Å². The lowest BCUT2D eigenvalue weighted by molar-refractivity contribution is -0.327. The van der Waals surface area contributed by atoms with Crippen LogP contribution >= 0.6 is 0 Å². The van der Waals surface area contributed by atoms with Crippen LogP contribution in [0.4, 0.5) is 0 Å². The number of rotatable bonds is 1. The molecule has 1 N–H and O–H groups in total. The Labute approximate surface area is 72.1 Å². The van der Waals surface area contributed by atoms with Gasteiger partial charge in [-0.05, 0) is 6.42 Å². The molecular weight excluding hydrogens is 158 g/mol. The number of hydrogen-bond acceptors (Lipinski definition) is 5. The molecular formula is C7H15N3O2. The molecule has 5 heteroatoms. The van der Waals surface area contributed by atoms with E-state index in [0.717, 1.165) is 32.7 Å². The zero-order valence-corrected chi connectivity index (χ0v) is 7.16. The van der Waals surface area contributed by atoms with Crippen LogP contribution in [0, 0.1) is 0 Å². The molecule has 70 valence electrons. The van der Waals surface area contributed by atoms with Gasteiger partial charge in [0, 0.05) is 19.7 Å². The van der Waals surface area contributed by atoms with Gasteiger partial charge in [0.1, 0.15) is 13.5 Å². The third kappa shape index (κ3) is 1.94. The minimum Gasteiger partial charge on any atom is -0.365 e. The summed E-state index contributed by atoms with van der Waals surface area (Å²) in [5.41, 5.74) is 0. The van der Waals surface area contributed by atoms with Gasteiger partial charge in [-0.15, -0.1) is 5.17 Å². The van der Waals surface area contributed by atoms with Crippen molar-refractivity contribution in [2.45, 2.75) is 6.42 Å². The normalized spacial score (nSPS) is 29.0. The van der Waals surface area contributed by atoms with E-state index in [4.69, 9.17) is 9.57 Å². The Kier molecular flexibility index (Phi) is 2.91. The van der Waals surface area contributed by atoms with Crippen molar-refractivity contribution >= 4 is 0 Å². The fourth-order valence-electron chi connectivity index (χ4n) is 1.41. The van der Waals surface area contributed by atoms with Crippen LogP contribution in [0.15, 0.2) is 0 Å². The largest absolute Gasteiger partial charge is 0.365 e. The van der Waals surface area contributed by atoms with E-state index in [-0.39, 0.29) is 0 Å². The first-order valence-corrected chi connectivity index (χ1v) is 4.40. The first-order chi connectivity index (χ1) is 5.97. The molecule has 0 saturated carbocycles. The molecule has 0 bridgehead atoms. The Bertz CT molecular complexity index is 117. The van der Waals surface area contributed by atoms with Crippen LogP contribution in [0.2, 0.25) is 0 Å². The van der Waals surface area contributed by atoms with Gasteiger partial charge in [0.15, 0.2) is 0 Å². The molecule has 2 saturated heterocycles. The highest BCUT2D eigenvalue weighted by Crippen LogP contribution is 2.07. The standard InChI is InChI=1S/C7H15N3O2/c1-3-9(7-11-5-1)10-4-2-8-6-12-10/h8H,1-7H2. The van der Waals surface area contributed by atoms with Gasteiger partial charge in [-0.2, -0.15) is 5.01 Å². The monoisotopic (exact) mass is 173 g/mol. The molecule has 0 aliphatic carbocycles. The summed E-state index contributed by atoms with van der Waals surface area (Å²) in [5, 5.41) is 7.12. The molecule has 0 aromatic rings. The Morgan fingerprint density at radius 2 is 2.25 bits per heavy atom. The van der Waals surface area contributed by atoms with Crippen LogP contribution in [0.1, 0.15) is 6.42 Å². The van der Waals surface area contributed by atoms with E-state index in [1.165, 1.54) is 0 Å². The summed E-state index contributed by atoms with van der Waals surface area (Å²) >= 11 is 0. The zero-order valence-electron chi connectivity index (χ0n) is 7.16. The zero-order chi connectivity index (χ0) is 8.23. The number of nitrogens with one attached hydrogen (secondary N) is 1. The molecule has 2 aliphatic heterocycles. The molecule has 2 rings (SSSR count). The fourth-order valence-corrected chi connectivity index (χ4v) is 1.41. The van der Waals surface area contributed by atoms with Crippen LogP contribution in [0.5, 0.6) is 0 Å². The third-order valence-corrected chi connectivity index (χ3v) is 2.06. The van der Waals surface area contributed by atoms with Gasteiger partial charge in [-0.25, -0.2) is 0 Å². The summed E-state index contributed by atoms with van der Waals surface area (Å²) in [6.45, 7) is 5.08. The summed E-state index contributed by atoms with van der Waals surface area (Å²) in [6.07, 6.45) is 1.09. The maximum absolute atomic E-state index is 5.39. The Morgan fingerprint density at radius 1 is 1.25 bits per heavy atom. The second-order valence-electron chi connectivity index (χ2n) is 2.97. The van der Waals surface area contributed by atoms with Crippen molar-refractivity contribution in [3.63, 3.8) is 0 Å². The van der Waals surface area contributed by atoms with Crippen LogP contribution in [-0.4, -0.2) is 49.9 Å². The van der Waals surface area contributed by atoms with E-state index in [1.54, 1.807) is 0 Å². The maximum Gasteiger partial charge on any atom is 0.120 e. The highest BCUT2D eigenvalue weighted by atomic mass is 16.7. The van der Waals surface area contributed by atoms with Gasteiger partial charge in [0.05, 0.1) is 6.54 Å². The van der Waals surface area contributed by atoms with Crippen LogP contribution in [0.3, 0.4) is 0 Å². The van der Waals surface area contributed by atoms with Crippen molar-refractivity contribution in [3.8, 4) is 0 Å². The van der Waals surface area contributed by atoms with Gasteiger partial charge in [0.25, 0.3) is 0 Å². The van der Waals surface area contributed by atoms with E-state index >= 15 is 0 Å². The third-order valence-electron chi connectivity index (χ3n) is 2.06. The molecule has 0 aromatic carbocycles. The molecule has 12 heavy (non-hydrogen) atoms. The quantitative estimate of drug-likeness (QED) is 0.571. The lowest BCUT2D eigenvalue weighted by atomic mass is 10.4. The lowest BCUT2D eigenvalue weighted by Gasteiger charge is -2.37. The second-order valence-corrected chi connectivity index (χ2v) is 2.97. The van der Waals surface area contributed by atoms with Crippen molar-refractivity contribution in [1.82, 2.24) is 15.5 Å². The molecule has 0 aromatic heterocycles. The molecule has 0 spiro atoms. The maximum atomic E-state index is 5.39. The second kappa shape index (κ2) is 4.15. The van der Waals surface area contributed by atoms with Crippen LogP contribution in [-0.2, 0) is 9.57 Å². The number of ether oxygens (including phenoxy) is 1. The first kappa shape index (κ1) is 8.40. The molecule has 5 nitrogen and oxygen atoms in total. The predicted octanol–water partition coefficient (Wildman–Crippen LogP) is -0.624. The predicted molar refractivity (Wildman–Crippen MR) is 42.8 cm³/mol. The molecule has 2 fully saturated rings. The van der Waals surface area contributed by atoms with Gasteiger partial charge in [-0.3, -0.25) is 10.2 Å². The SMILES string of the molecule is C1COCN(N2CCNCO2)C1. The molecule has 0 radical (unpaired) electrons. The van der Waals surface area contributed by atoms with Crippen molar-refractivity contribution in [2.24, 2.45) is 0 Å². The molecule has 0 amide bonds. The fraction of sp³-hybridized carbons (Fsp3) is 1.00. The number of hydroxylamine groups is 1. The van der Waals surface area contributed by atoms with E-state index in [1.807, 2.05) is 5.17 Å². The first-order valence-electron chi connectivity index (χ1n) is 4.40. The topological polar surface area (TPSA) is 37.0 Å². The van der Waals surface area contributed by atoms with Crippen molar-refractivity contribution in [2.75, 3.05) is 39.7 Å². The molecule has 2 heterocycles. The average molecular weight is 173 g/mol. The highest BCUT2D eigenvalue weighted by Gasteiger charge is 2.20. The number of hydrazine groups is 1. The average Bonchev–Trinajstić information content (AvgIpc) is 2.21. The van der Waals surface area contributed by atoms with Crippen molar-refractivity contribution in [1.29, 1.82) is 0 Å².